The van der Waals surface area contributed by atoms with Crippen LogP contribution < -0.4 is 11.1 Å². The smallest absolute Gasteiger partial charge is 0.329 e. The highest BCUT2D eigenvalue weighted by molar-refractivity contribution is 6.34. The molecule has 2 unspecified atom stereocenters. The van der Waals surface area contributed by atoms with E-state index in [0.717, 1.165) is 12.8 Å². The fraction of sp³-hybridized carbons (Fsp3) is 0.467. The molecule has 0 aliphatic heterocycles. The van der Waals surface area contributed by atoms with Crippen LogP contribution in [0.1, 0.15) is 43.0 Å². The summed E-state index contributed by atoms with van der Waals surface area (Å²) < 4.78 is 0. The van der Waals surface area contributed by atoms with E-state index in [1.165, 1.54) is 0 Å². The van der Waals surface area contributed by atoms with Crippen LogP contribution in [0.2, 0.25) is 5.02 Å². The van der Waals surface area contributed by atoms with Gasteiger partial charge >= 0.3 is 5.97 Å². The van der Waals surface area contributed by atoms with Crippen molar-refractivity contribution in [3.8, 4) is 0 Å². The molecule has 114 valence electrons. The quantitative estimate of drug-likeness (QED) is 0.797. The Morgan fingerprint density at radius 2 is 2.19 bits per heavy atom. The Balaban J connectivity index is 2.41. The molecular weight excluding hydrogens is 292 g/mol. The zero-order valence-electron chi connectivity index (χ0n) is 11.9. The zero-order valence-corrected chi connectivity index (χ0v) is 12.6. The minimum Gasteiger partial charge on any atom is -0.480 e. The second-order valence-electron chi connectivity index (χ2n) is 5.74. The maximum absolute atomic E-state index is 11.8. The average molecular weight is 311 g/mol. The molecule has 2 rings (SSSR count). The number of carboxylic acids is 1. The van der Waals surface area contributed by atoms with Crippen molar-refractivity contribution in [3.63, 3.8) is 0 Å². The molecule has 0 radical (unpaired) electrons. The van der Waals surface area contributed by atoms with Crippen LogP contribution in [0.3, 0.4) is 0 Å². The lowest BCUT2D eigenvalue weighted by molar-refractivity contribution is -0.144. The number of hydrogen-bond acceptors (Lipinski definition) is 3. The van der Waals surface area contributed by atoms with Crippen LogP contribution in [0.4, 0.5) is 5.69 Å². The molecule has 1 aliphatic carbocycles. The third-order valence-electron chi connectivity index (χ3n) is 4.04. The topological polar surface area (TPSA) is 92.4 Å². The van der Waals surface area contributed by atoms with Crippen molar-refractivity contribution >= 4 is 29.2 Å². The van der Waals surface area contributed by atoms with Gasteiger partial charge in [-0.25, -0.2) is 4.79 Å². The Morgan fingerprint density at radius 1 is 1.48 bits per heavy atom. The Bertz CT molecular complexity index is 576. The van der Waals surface area contributed by atoms with Gasteiger partial charge in [0.25, 0.3) is 5.91 Å². The van der Waals surface area contributed by atoms with Gasteiger partial charge in [-0.3, -0.25) is 4.79 Å². The standard InChI is InChI=1S/C15H19ClN2O3/c1-9-4-3-7-15(8-9,14(20)21)18-11-6-2-5-10(16)12(11)13(17)19/h2,5-6,9,18H,3-4,7-8H2,1H3,(H2,17,19)(H,20,21). The molecule has 0 bridgehead atoms. The molecule has 1 fully saturated rings. The van der Waals surface area contributed by atoms with Crippen molar-refractivity contribution < 1.29 is 14.7 Å². The summed E-state index contributed by atoms with van der Waals surface area (Å²) in [5, 5.41) is 12.9. The van der Waals surface area contributed by atoms with E-state index in [-0.39, 0.29) is 10.6 Å². The number of benzene rings is 1. The summed E-state index contributed by atoms with van der Waals surface area (Å²) in [6, 6.07) is 4.86. The molecule has 1 saturated carbocycles. The van der Waals surface area contributed by atoms with E-state index in [9.17, 15) is 14.7 Å². The monoisotopic (exact) mass is 310 g/mol. The number of carbonyl (C=O) groups excluding carboxylic acids is 1. The number of halogens is 1. The molecule has 6 heteroatoms. The number of rotatable bonds is 4. The molecule has 0 heterocycles. The molecule has 21 heavy (non-hydrogen) atoms. The van der Waals surface area contributed by atoms with E-state index >= 15 is 0 Å². The average Bonchev–Trinajstić information content (AvgIpc) is 2.38. The van der Waals surface area contributed by atoms with Gasteiger partial charge in [-0.1, -0.05) is 37.4 Å². The number of hydrogen-bond donors (Lipinski definition) is 3. The number of primary amides is 1. The van der Waals surface area contributed by atoms with Crippen LogP contribution in [-0.2, 0) is 4.79 Å². The van der Waals surface area contributed by atoms with Crippen molar-refractivity contribution in [2.24, 2.45) is 11.7 Å². The first-order valence-electron chi connectivity index (χ1n) is 6.95. The summed E-state index contributed by atoms with van der Waals surface area (Å²) in [6.07, 6.45) is 2.85. The summed E-state index contributed by atoms with van der Waals surface area (Å²) in [5.41, 5.74) is 4.80. The first-order chi connectivity index (χ1) is 9.85. The lowest BCUT2D eigenvalue weighted by atomic mass is 9.76. The van der Waals surface area contributed by atoms with Crippen molar-refractivity contribution in [1.29, 1.82) is 0 Å². The minimum absolute atomic E-state index is 0.137. The molecular formula is C15H19ClN2O3. The minimum atomic E-state index is -1.08. The lowest BCUT2D eigenvalue weighted by Gasteiger charge is -2.38. The molecule has 4 N–H and O–H groups in total. The Morgan fingerprint density at radius 3 is 2.76 bits per heavy atom. The molecule has 0 aromatic heterocycles. The number of nitrogens with two attached hydrogens (primary N) is 1. The number of carbonyl (C=O) groups is 2. The molecule has 1 aromatic carbocycles. The predicted molar refractivity (Wildman–Crippen MR) is 81.6 cm³/mol. The Labute approximate surface area is 128 Å². The van der Waals surface area contributed by atoms with Gasteiger partial charge < -0.3 is 16.2 Å². The number of nitrogens with one attached hydrogen (secondary N) is 1. The van der Waals surface area contributed by atoms with Crippen LogP contribution in [0.25, 0.3) is 0 Å². The largest absolute Gasteiger partial charge is 0.480 e. The number of carboxylic acid groups (broad SMARTS) is 1. The van der Waals surface area contributed by atoms with Gasteiger partial charge in [0.05, 0.1) is 10.6 Å². The summed E-state index contributed by atoms with van der Waals surface area (Å²) in [4.78, 5) is 23.4. The van der Waals surface area contributed by atoms with E-state index in [1.807, 2.05) is 6.92 Å². The zero-order chi connectivity index (χ0) is 15.6. The predicted octanol–water partition coefficient (Wildman–Crippen LogP) is 2.88. The van der Waals surface area contributed by atoms with Gasteiger partial charge in [0.15, 0.2) is 0 Å². The van der Waals surface area contributed by atoms with E-state index in [2.05, 4.69) is 5.32 Å². The number of amides is 1. The third-order valence-corrected chi connectivity index (χ3v) is 4.36. The van der Waals surface area contributed by atoms with E-state index in [1.54, 1.807) is 18.2 Å². The van der Waals surface area contributed by atoms with Gasteiger partial charge in [-0.2, -0.15) is 0 Å². The van der Waals surface area contributed by atoms with Crippen LogP contribution in [0.15, 0.2) is 18.2 Å². The highest BCUT2D eigenvalue weighted by atomic mass is 35.5. The molecule has 0 saturated heterocycles. The SMILES string of the molecule is CC1CCCC(Nc2cccc(Cl)c2C(N)=O)(C(=O)O)C1. The van der Waals surface area contributed by atoms with Crippen LogP contribution >= 0.6 is 11.6 Å². The molecule has 1 aliphatic rings. The van der Waals surface area contributed by atoms with Gasteiger partial charge in [-0.15, -0.1) is 0 Å². The van der Waals surface area contributed by atoms with Gasteiger partial charge in [0, 0.05) is 5.69 Å². The second kappa shape index (κ2) is 5.93. The van der Waals surface area contributed by atoms with Crippen molar-refractivity contribution in [2.75, 3.05) is 5.32 Å². The normalized spacial score (nSPS) is 25.3. The summed E-state index contributed by atoms with van der Waals surface area (Å²) in [6.45, 7) is 2.03. The molecule has 0 spiro atoms. The summed E-state index contributed by atoms with van der Waals surface area (Å²) in [5.74, 6) is -1.28. The molecule has 1 aromatic rings. The lowest BCUT2D eigenvalue weighted by Crippen LogP contribution is -2.50. The number of anilines is 1. The first-order valence-corrected chi connectivity index (χ1v) is 7.33. The maximum atomic E-state index is 11.8. The fourth-order valence-corrected chi connectivity index (χ4v) is 3.32. The van der Waals surface area contributed by atoms with Crippen molar-refractivity contribution in [3.05, 3.63) is 28.8 Å². The third kappa shape index (κ3) is 3.13. The van der Waals surface area contributed by atoms with E-state index in [4.69, 9.17) is 17.3 Å². The van der Waals surface area contributed by atoms with Crippen molar-refractivity contribution in [1.82, 2.24) is 0 Å². The first kappa shape index (κ1) is 15.6. The van der Waals surface area contributed by atoms with Gasteiger partial charge in [-0.05, 0) is 30.9 Å². The fourth-order valence-electron chi connectivity index (χ4n) is 3.05. The van der Waals surface area contributed by atoms with Crippen LogP contribution in [0.5, 0.6) is 0 Å². The maximum Gasteiger partial charge on any atom is 0.329 e. The molecule has 5 nitrogen and oxygen atoms in total. The summed E-state index contributed by atoms with van der Waals surface area (Å²) in [7, 11) is 0. The highest BCUT2D eigenvalue weighted by Crippen LogP contribution is 2.37. The Hall–Kier alpha value is -1.75. The number of aliphatic carboxylic acids is 1. The van der Waals surface area contributed by atoms with Crippen LogP contribution in [-0.4, -0.2) is 22.5 Å². The molecule has 1 amide bonds. The van der Waals surface area contributed by atoms with Crippen molar-refractivity contribution in [2.45, 2.75) is 38.1 Å². The Kier molecular flexibility index (Phi) is 4.42. The van der Waals surface area contributed by atoms with Gasteiger partial charge in [0.2, 0.25) is 0 Å². The highest BCUT2D eigenvalue weighted by Gasteiger charge is 2.42. The summed E-state index contributed by atoms with van der Waals surface area (Å²) >= 11 is 6.01. The molecule has 2 atom stereocenters. The van der Waals surface area contributed by atoms with E-state index in [0.29, 0.717) is 24.4 Å². The second-order valence-corrected chi connectivity index (χ2v) is 6.15. The van der Waals surface area contributed by atoms with Gasteiger partial charge in [0.1, 0.15) is 5.54 Å². The van der Waals surface area contributed by atoms with Crippen LogP contribution in [0, 0.1) is 5.92 Å². The van der Waals surface area contributed by atoms with E-state index < -0.39 is 17.4 Å².